The van der Waals surface area contributed by atoms with Gasteiger partial charge in [0, 0.05) is 24.5 Å². The maximum Gasteiger partial charge on any atom is 0.317 e. The molecule has 2 aliphatic rings. The number of hydrogen-bond acceptors (Lipinski definition) is 3. The highest BCUT2D eigenvalue weighted by Crippen LogP contribution is 2.51. The van der Waals surface area contributed by atoms with E-state index in [2.05, 4.69) is 19.2 Å². The van der Waals surface area contributed by atoms with Crippen LogP contribution in [0.1, 0.15) is 51.5 Å². The number of rotatable bonds is 4. The van der Waals surface area contributed by atoms with Crippen molar-refractivity contribution in [3.05, 3.63) is 29.8 Å². The van der Waals surface area contributed by atoms with Crippen LogP contribution in [0.4, 0.5) is 4.79 Å². The Morgan fingerprint density at radius 2 is 1.92 bits per heavy atom. The molecule has 2 fully saturated rings. The zero-order valence-corrected chi connectivity index (χ0v) is 16.4. The van der Waals surface area contributed by atoms with E-state index in [4.69, 9.17) is 5.14 Å². The first-order valence-electron chi connectivity index (χ1n) is 9.40. The number of sulfonamides is 1. The van der Waals surface area contributed by atoms with Gasteiger partial charge in [0.1, 0.15) is 0 Å². The van der Waals surface area contributed by atoms with Crippen LogP contribution >= 0.6 is 0 Å². The molecule has 7 heteroatoms. The second kappa shape index (κ2) is 7.19. The number of likely N-dealkylation sites (tertiary alicyclic amines) is 1. The summed E-state index contributed by atoms with van der Waals surface area (Å²) in [6.45, 7) is 5.31. The standard InChI is InChI=1S/C19H29N3O3S/c1-14(2)17-19(10-6-3-7-11-19)13-22(17)18(23)21-12-15-8-4-5-9-16(15)26(20,24)25/h4-5,8-9,14,17H,3,6-7,10-13H2,1-2H3,(H,21,23)(H2,20,24,25). The zero-order chi connectivity index (χ0) is 18.9. The number of amides is 2. The summed E-state index contributed by atoms with van der Waals surface area (Å²) in [5, 5.41) is 8.15. The Hall–Kier alpha value is -1.60. The molecular formula is C19H29N3O3S. The Bertz CT molecular complexity index is 770. The van der Waals surface area contributed by atoms with Gasteiger partial charge in [0.25, 0.3) is 0 Å². The van der Waals surface area contributed by atoms with Crippen molar-refractivity contribution in [1.82, 2.24) is 10.2 Å². The molecule has 3 N–H and O–H groups in total. The summed E-state index contributed by atoms with van der Waals surface area (Å²) in [7, 11) is -3.80. The second-order valence-corrected chi connectivity index (χ2v) is 9.58. The van der Waals surface area contributed by atoms with Crippen molar-refractivity contribution in [3.8, 4) is 0 Å². The van der Waals surface area contributed by atoms with Crippen molar-refractivity contribution < 1.29 is 13.2 Å². The summed E-state index contributed by atoms with van der Waals surface area (Å²) in [6, 6.07) is 6.66. The summed E-state index contributed by atoms with van der Waals surface area (Å²) in [4.78, 5) is 14.7. The third-order valence-electron chi connectivity index (χ3n) is 5.90. The molecule has 1 atom stereocenters. The van der Waals surface area contributed by atoms with Crippen LogP contribution in [0.5, 0.6) is 0 Å². The quantitative estimate of drug-likeness (QED) is 0.842. The maximum absolute atomic E-state index is 12.7. The Morgan fingerprint density at radius 1 is 1.27 bits per heavy atom. The molecule has 1 saturated heterocycles. The lowest BCUT2D eigenvalue weighted by Crippen LogP contribution is -2.70. The highest BCUT2D eigenvalue weighted by atomic mass is 32.2. The van der Waals surface area contributed by atoms with Crippen molar-refractivity contribution in [2.45, 2.75) is 63.4 Å². The van der Waals surface area contributed by atoms with Gasteiger partial charge in [0.2, 0.25) is 10.0 Å². The summed E-state index contributed by atoms with van der Waals surface area (Å²) in [6.07, 6.45) is 6.20. The molecule has 0 aromatic heterocycles. The fourth-order valence-electron chi connectivity index (χ4n) is 4.92. The Kier molecular flexibility index (Phi) is 5.30. The van der Waals surface area contributed by atoms with Gasteiger partial charge in [-0.1, -0.05) is 51.3 Å². The van der Waals surface area contributed by atoms with Gasteiger partial charge < -0.3 is 10.2 Å². The molecule has 1 aromatic rings. The lowest BCUT2D eigenvalue weighted by atomic mass is 9.60. The van der Waals surface area contributed by atoms with Crippen LogP contribution in [-0.4, -0.2) is 31.9 Å². The van der Waals surface area contributed by atoms with E-state index in [0.29, 0.717) is 11.5 Å². The number of carbonyl (C=O) groups excluding carboxylic acids is 1. The van der Waals surface area contributed by atoms with Gasteiger partial charge in [-0.3, -0.25) is 0 Å². The fraction of sp³-hybridized carbons (Fsp3) is 0.632. The lowest BCUT2D eigenvalue weighted by molar-refractivity contribution is -0.0884. The molecule has 1 unspecified atom stereocenters. The highest BCUT2D eigenvalue weighted by molar-refractivity contribution is 7.89. The zero-order valence-electron chi connectivity index (χ0n) is 15.6. The topological polar surface area (TPSA) is 92.5 Å². The molecule has 0 bridgehead atoms. The second-order valence-electron chi connectivity index (χ2n) is 8.05. The number of nitrogens with one attached hydrogen (secondary N) is 1. The van der Waals surface area contributed by atoms with E-state index in [1.165, 1.54) is 38.2 Å². The van der Waals surface area contributed by atoms with Gasteiger partial charge in [-0.25, -0.2) is 18.4 Å². The van der Waals surface area contributed by atoms with Gasteiger partial charge in [0.05, 0.1) is 4.90 Å². The van der Waals surface area contributed by atoms with E-state index in [0.717, 1.165) is 6.54 Å². The maximum atomic E-state index is 12.7. The minimum absolute atomic E-state index is 0.0630. The number of benzene rings is 1. The number of hydrogen-bond donors (Lipinski definition) is 2. The molecule has 1 aliphatic heterocycles. The number of urea groups is 1. The summed E-state index contributed by atoms with van der Waals surface area (Å²) in [5.41, 5.74) is 0.791. The monoisotopic (exact) mass is 379 g/mol. The van der Waals surface area contributed by atoms with Crippen molar-refractivity contribution in [3.63, 3.8) is 0 Å². The molecule has 2 amide bonds. The van der Waals surface area contributed by atoms with Crippen LogP contribution in [0.15, 0.2) is 29.2 Å². The summed E-state index contributed by atoms with van der Waals surface area (Å²) < 4.78 is 23.4. The van der Waals surface area contributed by atoms with E-state index in [1.807, 2.05) is 4.90 Å². The molecule has 3 rings (SSSR count). The van der Waals surface area contributed by atoms with Crippen molar-refractivity contribution in [2.24, 2.45) is 16.5 Å². The van der Waals surface area contributed by atoms with Crippen LogP contribution in [0.2, 0.25) is 0 Å². The van der Waals surface area contributed by atoms with E-state index in [1.54, 1.807) is 18.2 Å². The minimum Gasteiger partial charge on any atom is -0.334 e. The smallest absolute Gasteiger partial charge is 0.317 e. The van der Waals surface area contributed by atoms with Crippen LogP contribution in [0.3, 0.4) is 0 Å². The minimum atomic E-state index is -3.80. The molecule has 144 valence electrons. The molecular weight excluding hydrogens is 350 g/mol. The fourth-order valence-corrected chi connectivity index (χ4v) is 5.70. The molecule has 26 heavy (non-hydrogen) atoms. The van der Waals surface area contributed by atoms with E-state index in [9.17, 15) is 13.2 Å². The Morgan fingerprint density at radius 3 is 2.54 bits per heavy atom. The first-order valence-corrected chi connectivity index (χ1v) is 10.9. The van der Waals surface area contributed by atoms with Crippen LogP contribution < -0.4 is 10.5 Å². The van der Waals surface area contributed by atoms with E-state index >= 15 is 0 Å². The van der Waals surface area contributed by atoms with Gasteiger partial charge in [-0.15, -0.1) is 0 Å². The van der Waals surface area contributed by atoms with Crippen molar-refractivity contribution in [2.75, 3.05) is 6.54 Å². The molecule has 1 spiro atoms. The van der Waals surface area contributed by atoms with Crippen molar-refractivity contribution >= 4 is 16.1 Å². The van der Waals surface area contributed by atoms with Gasteiger partial charge in [-0.05, 0) is 30.4 Å². The third-order valence-corrected chi connectivity index (χ3v) is 6.91. The molecule has 1 saturated carbocycles. The highest BCUT2D eigenvalue weighted by Gasteiger charge is 2.55. The number of primary sulfonamides is 1. The Labute approximate surface area is 156 Å². The number of nitrogens with zero attached hydrogens (tertiary/aromatic N) is 1. The van der Waals surface area contributed by atoms with E-state index < -0.39 is 10.0 Å². The SMILES string of the molecule is CC(C)C1N(C(=O)NCc2ccccc2S(N)(=O)=O)CC12CCCCC2. The van der Waals surface area contributed by atoms with Crippen molar-refractivity contribution in [1.29, 1.82) is 0 Å². The first-order chi connectivity index (χ1) is 12.2. The molecule has 1 aliphatic carbocycles. The third kappa shape index (κ3) is 3.60. The van der Waals surface area contributed by atoms with Gasteiger partial charge >= 0.3 is 6.03 Å². The van der Waals surface area contributed by atoms with Gasteiger partial charge in [0.15, 0.2) is 0 Å². The van der Waals surface area contributed by atoms with Crippen LogP contribution in [0.25, 0.3) is 0 Å². The molecule has 1 heterocycles. The van der Waals surface area contributed by atoms with Gasteiger partial charge in [-0.2, -0.15) is 0 Å². The van der Waals surface area contributed by atoms with E-state index in [-0.39, 0.29) is 28.9 Å². The molecule has 0 radical (unpaired) electrons. The number of nitrogens with two attached hydrogens (primary N) is 1. The summed E-state index contributed by atoms with van der Waals surface area (Å²) in [5.74, 6) is 0.407. The summed E-state index contributed by atoms with van der Waals surface area (Å²) >= 11 is 0. The Balaban J connectivity index is 1.68. The van der Waals surface area contributed by atoms with Crippen LogP contribution in [-0.2, 0) is 16.6 Å². The molecule has 6 nitrogen and oxygen atoms in total. The number of carbonyl (C=O) groups is 1. The van der Waals surface area contributed by atoms with Crippen LogP contribution in [0, 0.1) is 11.3 Å². The predicted molar refractivity (Wildman–Crippen MR) is 101 cm³/mol. The first kappa shape index (κ1) is 19.2. The normalized spacial score (nSPS) is 22.3. The average molecular weight is 380 g/mol. The lowest BCUT2D eigenvalue weighted by Gasteiger charge is -2.61. The average Bonchev–Trinajstić information content (AvgIpc) is 2.57. The predicted octanol–water partition coefficient (Wildman–Crippen LogP) is 2.83. The largest absolute Gasteiger partial charge is 0.334 e. The molecule has 1 aromatic carbocycles.